The standard InChI is InChI=1S/C10H21NO/c1-8(2)12-7-9-3-5-10(11)6-4-9/h8-10H,3-7,11H2,1-2H3. The highest BCUT2D eigenvalue weighted by Gasteiger charge is 2.18. The molecule has 0 saturated heterocycles. The van der Waals surface area contributed by atoms with E-state index in [2.05, 4.69) is 13.8 Å². The Morgan fingerprint density at radius 3 is 2.33 bits per heavy atom. The van der Waals surface area contributed by atoms with Gasteiger partial charge in [-0.25, -0.2) is 0 Å². The van der Waals surface area contributed by atoms with Crippen LogP contribution in [0.15, 0.2) is 0 Å². The van der Waals surface area contributed by atoms with Gasteiger partial charge in [-0.3, -0.25) is 0 Å². The minimum atomic E-state index is 0.376. The molecular formula is C10H21NO. The van der Waals surface area contributed by atoms with Crippen LogP contribution in [0.5, 0.6) is 0 Å². The molecule has 2 N–H and O–H groups in total. The van der Waals surface area contributed by atoms with Gasteiger partial charge in [0.15, 0.2) is 0 Å². The molecule has 1 rings (SSSR count). The first-order chi connectivity index (χ1) is 5.68. The van der Waals surface area contributed by atoms with Gasteiger partial charge < -0.3 is 10.5 Å². The Bertz CT molecular complexity index is 117. The second-order valence-corrected chi connectivity index (χ2v) is 4.16. The van der Waals surface area contributed by atoms with Crippen molar-refractivity contribution >= 4 is 0 Å². The van der Waals surface area contributed by atoms with E-state index in [9.17, 15) is 0 Å². The summed E-state index contributed by atoms with van der Waals surface area (Å²) in [4.78, 5) is 0. The molecule has 1 aliphatic rings. The van der Waals surface area contributed by atoms with E-state index in [1.807, 2.05) is 0 Å². The first-order valence-electron chi connectivity index (χ1n) is 5.05. The molecule has 0 amide bonds. The summed E-state index contributed by atoms with van der Waals surface area (Å²) in [5, 5.41) is 0. The van der Waals surface area contributed by atoms with Crippen molar-refractivity contribution < 1.29 is 4.74 Å². The molecule has 0 spiro atoms. The van der Waals surface area contributed by atoms with E-state index >= 15 is 0 Å². The maximum atomic E-state index is 5.81. The van der Waals surface area contributed by atoms with Crippen molar-refractivity contribution in [2.75, 3.05) is 6.61 Å². The van der Waals surface area contributed by atoms with Crippen LogP contribution in [0.4, 0.5) is 0 Å². The fourth-order valence-electron chi connectivity index (χ4n) is 1.68. The van der Waals surface area contributed by atoms with Crippen LogP contribution in [0.3, 0.4) is 0 Å². The number of ether oxygens (including phenoxy) is 1. The highest BCUT2D eigenvalue weighted by atomic mass is 16.5. The zero-order chi connectivity index (χ0) is 8.97. The quantitative estimate of drug-likeness (QED) is 0.704. The van der Waals surface area contributed by atoms with Gasteiger partial charge in [0.2, 0.25) is 0 Å². The Labute approximate surface area is 75.5 Å². The van der Waals surface area contributed by atoms with Crippen molar-refractivity contribution in [2.45, 2.75) is 51.7 Å². The summed E-state index contributed by atoms with van der Waals surface area (Å²) in [6, 6.07) is 0.459. The lowest BCUT2D eigenvalue weighted by atomic mass is 9.87. The third kappa shape index (κ3) is 3.55. The highest BCUT2D eigenvalue weighted by Crippen LogP contribution is 2.23. The smallest absolute Gasteiger partial charge is 0.0519 e. The van der Waals surface area contributed by atoms with Crippen molar-refractivity contribution in [1.82, 2.24) is 0 Å². The van der Waals surface area contributed by atoms with Crippen molar-refractivity contribution in [2.24, 2.45) is 11.7 Å². The second kappa shape index (κ2) is 4.83. The summed E-state index contributed by atoms with van der Waals surface area (Å²) in [6.07, 6.45) is 5.26. The van der Waals surface area contributed by atoms with E-state index in [1.54, 1.807) is 0 Å². The lowest BCUT2D eigenvalue weighted by Crippen LogP contribution is -2.28. The van der Waals surface area contributed by atoms with E-state index in [4.69, 9.17) is 10.5 Å². The fraction of sp³-hybridized carbons (Fsp3) is 1.00. The van der Waals surface area contributed by atoms with Gasteiger partial charge in [-0.1, -0.05) is 0 Å². The molecule has 1 fully saturated rings. The van der Waals surface area contributed by atoms with Crippen molar-refractivity contribution in [1.29, 1.82) is 0 Å². The van der Waals surface area contributed by atoms with E-state index < -0.39 is 0 Å². The Hall–Kier alpha value is -0.0800. The molecule has 72 valence electrons. The van der Waals surface area contributed by atoms with Crippen LogP contribution in [0.2, 0.25) is 0 Å². The second-order valence-electron chi connectivity index (χ2n) is 4.16. The van der Waals surface area contributed by atoms with Crippen LogP contribution in [0.1, 0.15) is 39.5 Å². The average molecular weight is 171 g/mol. The zero-order valence-electron chi connectivity index (χ0n) is 8.25. The van der Waals surface area contributed by atoms with Crippen LogP contribution in [-0.2, 0) is 4.74 Å². The molecule has 12 heavy (non-hydrogen) atoms. The maximum Gasteiger partial charge on any atom is 0.0519 e. The lowest BCUT2D eigenvalue weighted by Gasteiger charge is -2.26. The third-order valence-corrected chi connectivity index (χ3v) is 2.56. The summed E-state index contributed by atoms with van der Waals surface area (Å²) in [5.41, 5.74) is 5.81. The fourth-order valence-corrected chi connectivity index (χ4v) is 1.68. The van der Waals surface area contributed by atoms with Gasteiger partial charge in [-0.15, -0.1) is 0 Å². The molecule has 0 heterocycles. The SMILES string of the molecule is CC(C)OCC1CCC(N)CC1. The van der Waals surface area contributed by atoms with Gasteiger partial charge in [0.1, 0.15) is 0 Å². The van der Waals surface area contributed by atoms with Crippen LogP contribution in [0, 0.1) is 5.92 Å². The Kier molecular flexibility index (Phi) is 4.02. The van der Waals surface area contributed by atoms with Gasteiger partial charge >= 0.3 is 0 Å². The minimum Gasteiger partial charge on any atom is -0.379 e. The molecule has 0 radical (unpaired) electrons. The Morgan fingerprint density at radius 1 is 1.25 bits per heavy atom. The molecule has 2 nitrogen and oxygen atoms in total. The van der Waals surface area contributed by atoms with Gasteiger partial charge in [-0.05, 0) is 45.4 Å². The minimum absolute atomic E-state index is 0.376. The van der Waals surface area contributed by atoms with E-state index in [0.717, 1.165) is 12.5 Å². The van der Waals surface area contributed by atoms with Gasteiger partial charge in [0.25, 0.3) is 0 Å². The predicted octanol–water partition coefficient (Wildman–Crippen LogP) is 1.93. The molecular weight excluding hydrogens is 150 g/mol. The summed E-state index contributed by atoms with van der Waals surface area (Å²) >= 11 is 0. The Morgan fingerprint density at radius 2 is 1.83 bits per heavy atom. The number of hydrogen-bond donors (Lipinski definition) is 1. The largest absolute Gasteiger partial charge is 0.379 e. The van der Waals surface area contributed by atoms with Crippen molar-refractivity contribution in [3.63, 3.8) is 0 Å². The number of rotatable bonds is 3. The van der Waals surface area contributed by atoms with Crippen molar-refractivity contribution in [3.8, 4) is 0 Å². The maximum absolute atomic E-state index is 5.81. The van der Waals surface area contributed by atoms with Gasteiger partial charge in [0.05, 0.1) is 6.10 Å². The molecule has 0 unspecified atom stereocenters. The molecule has 1 aliphatic carbocycles. The normalized spacial score (nSPS) is 31.0. The van der Waals surface area contributed by atoms with Crippen LogP contribution in [-0.4, -0.2) is 18.8 Å². The van der Waals surface area contributed by atoms with E-state index in [-0.39, 0.29) is 0 Å². The first kappa shape index (κ1) is 10.0. The zero-order valence-corrected chi connectivity index (χ0v) is 8.25. The van der Waals surface area contributed by atoms with E-state index in [1.165, 1.54) is 25.7 Å². The van der Waals surface area contributed by atoms with E-state index in [0.29, 0.717) is 12.1 Å². The number of hydrogen-bond acceptors (Lipinski definition) is 2. The molecule has 0 aromatic heterocycles. The molecule has 0 aromatic rings. The molecule has 0 aliphatic heterocycles. The average Bonchev–Trinajstić information content (AvgIpc) is 2.03. The predicted molar refractivity (Wildman–Crippen MR) is 51.0 cm³/mol. The molecule has 1 saturated carbocycles. The van der Waals surface area contributed by atoms with Crippen LogP contribution >= 0.6 is 0 Å². The molecule has 0 bridgehead atoms. The molecule has 0 aromatic carbocycles. The monoisotopic (exact) mass is 171 g/mol. The van der Waals surface area contributed by atoms with Gasteiger partial charge in [-0.2, -0.15) is 0 Å². The summed E-state index contributed by atoms with van der Waals surface area (Å²) in [7, 11) is 0. The van der Waals surface area contributed by atoms with Crippen molar-refractivity contribution in [3.05, 3.63) is 0 Å². The molecule has 0 atom stereocenters. The summed E-state index contributed by atoms with van der Waals surface area (Å²) in [6.45, 7) is 5.12. The summed E-state index contributed by atoms with van der Waals surface area (Å²) < 4.78 is 5.58. The third-order valence-electron chi connectivity index (χ3n) is 2.56. The Balaban J connectivity index is 2.09. The highest BCUT2D eigenvalue weighted by molar-refractivity contribution is 4.73. The number of nitrogens with two attached hydrogens (primary N) is 1. The van der Waals surface area contributed by atoms with Gasteiger partial charge in [0, 0.05) is 12.6 Å². The summed E-state index contributed by atoms with van der Waals surface area (Å²) in [5.74, 6) is 0.771. The first-order valence-corrected chi connectivity index (χ1v) is 5.05. The van der Waals surface area contributed by atoms with Crippen LogP contribution < -0.4 is 5.73 Å². The topological polar surface area (TPSA) is 35.2 Å². The lowest BCUT2D eigenvalue weighted by molar-refractivity contribution is 0.0399. The van der Waals surface area contributed by atoms with Crippen LogP contribution in [0.25, 0.3) is 0 Å². The molecule has 2 heteroatoms.